The maximum Gasteiger partial charge on any atom is 0.490 e. The third-order valence-corrected chi connectivity index (χ3v) is 7.94. The van der Waals surface area contributed by atoms with E-state index in [2.05, 4.69) is 18.1 Å². The van der Waals surface area contributed by atoms with Crippen molar-refractivity contribution in [2.24, 2.45) is 0 Å². The SMILES string of the molecule is C#C[C@]1(COP(=O)(O)OP(=O)(O)OP(=O)(O)O)O[C@@H](n2ccc(=S)[nH]c2=S)[C@@H](F)[C@H]1O. The molecule has 0 bridgehead atoms. The molecule has 1 saturated heterocycles. The number of aromatic amines is 1. The summed E-state index contributed by atoms with van der Waals surface area (Å²) in [5.74, 6) is 1.87. The minimum atomic E-state index is -5.79. The maximum absolute atomic E-state index is 14.7. The molecule has 0 spiro atoms. The van der Waals surface area contributed by atoms with Gasteiger partial charge in [0.2, 0.25) is 0 Å². The van der Waals surface area contributed by atoms with Crippen LogP contribution in [0, 0.1) is 21.8 Å². The Morgan fingerprint density at radius 3 is 2.39 bits per heavy atom. The summed E-state index contributed by atoms with van der Waals surface area (Å²) < 4.78 is 66.5. The molecular weight excluding hydrogens is 528 g/mol. The van der Waals surface area contributed by atoms with Gasteiger partial charge in [0, 0.05) is 6.20 Å². The number of aliphatic hydroxyl groups is 1. The number of halogens is 1. The number of phosphoric acid groups is 3. The number of terminal acetylenes is 1. The molecule has 1 aromatic heterocycles. The molecule has 0 aliphatic carbocycles. The zero-order valence-electron chi connectivity index (χ0n) is 14.7. The molecule has 2 rings (SSSR count). The van der Waals surface area contributed by atoms with Gasteiger partial charge in [-0.25, -0.2) is 18.1 Å². The van der Waals surface area contributed by atoms with Crippen molar-refractivity contribution >= 4 is 47.9 Å². The van der Waals surface area contributed by atoms with E-state index >= 15 is 0 Å². The third-order valence-electron chi connectivity index (χ3n) is 3.61. The molecule has 1 aromatic rings. The van der Waals surface area contributed by atoms with Gasteiger partial charge in [0.25, 0.3) is 0 Å². The summed E-state index contributed by atoms with van der Waals surface area (Å²) in [5.41, 5.74) is -2.41. The first kappa shape index (κ1) is 26.6. The summed E-state index contributed by atoms with van der Waals surface area (Å²) in [6.45, 7) is -1.26. The lowest BCUT2D eigenvalue weighted by Gasteiger charge is -2.27. The molecule has 174 valence electrons. The van der Waals surface area contributed by atoms with Gasteiger partial charge in [0.1, 0.15) is 17.4 Å². The van der Waals surface area contributed by atoms with Crippen LogP contribution < -0.4 is 0 Å². The van der Waals surface area contributed by atoms with E-state index in [0.29, 0.717) is 0 Å². The summed E-state index contributed by atoms with van der Waals surface area (Å²) in [6, 6.07) is 1.33. The number of H-pyrrole nitrogens is 1. The van der Waals surface area contributed by atoms with Gasteiger partial charge in [0.05, 0.1) is 0 Å². The van der Waals surface area contributed by atoms with Gasteiger partial charge in [-0.1, -0.05) is 18.1 Å². The van der Waals surface area contributed by atoms with Crippen LogP contribution >= 0.6 is 47.9 Å². The number of ether oxygens (including phenoxy) is 1. The number of rotatable bonds is 8. The van der Waals surface area contributed by atoms with Crippen molar-refractivity contribution < 1.29 is 60.6 Å². The Bertz CT molecular complexity index is 1150. The molecule has 2 unspecified atom stereocenters. The fraction of sp³-hybridized carbons (Fsp3) is 0.455. The van der Waals surface area contributed by atoms with E-state index in [1.165, 1.54) is 12.3 Å². The van der Waals surface area contributed by atoms with E-state index < -0.39 is 54.2 Å². The van der Waals surface area contributed by atoms with Gasteiger partial charge in [-0.2, -0.15) is 8.62 Å². The lowest BCUT2D eigenvalue weighted by molar-refractivity contribution is -0.0900. The monoisotopic (exact) mass is 542 g/mol. The number of nitrogens with zero attached hydrogens (tertiary/aromatic N) is 1. The van der Waals surface area contributed by atoms with E-state index in [4.69, 9.17) is 50.3 Å². The molecule has 1 aliphatic heterocycles. The van der Waals surface area contributed by atoms with Crippen molar-refractivity contribution in [1.82, 2.24) is 9.55 Å². The Labute approximate surface area is 183 Å². The molecule has 0 aromatic carbocycles. The predicted octanol–water partition coefficient (Wildman–Crippen LogP) is 1.22. The summed E-state index contributed by atoms with van der Waals surface area (Å²) in [5, 5.41) is 10.2. The molecule has 31 heavy (non-hydrogen) atoms. The number of aromatic nitrogens is 2. The largest absolute Gasteiger partial charge is 0.490 e. The van der Waals surface area contributed by atoms with Crippen molar-refractivity contribution in [2.75, 3.05) is 6.61 Å². The van der Waals surface area contributed by atoms with Crippen LogP contribution in [-0.2, 0) is 31.6 Å². The molecule has 6 N–H and O–H groups in total. The van der Waals surface area contributed by atoms with Crippen LogP contribution in [0.15, 0.2) is 12.3 Å². The Balaban J connectivity index is 2.22. The third kappa shape index (κ3) is 6.67. The Kier molecular flexibility index (Phi) is 7.98. The number of alkyl halides is 1. The van der Waals surface area contributed by atoms with E-state index in [-0.39, 0.29) is 9.41 Å². The van der Waals surface area contributed by atoms with Crippen LogP contribution in [0.4, 0.5) is 4.39 Å². The molecule has 0 amide bonds. The Morgan fingerprint density at radius 1 is 1.26 bits per heavy atom. The highest BCUT2D eigenvalue weighted by atomic mass is 32.1. The highest BCUT2D eigenvalue weighted by Gasteiger charge is 2.57. The minimum absolute atomic E-state index is 0.104. The maximum atomic E-state index is 14.7. The average molecular weight is 542 g/mol. The number of hydrogen-bond acceptors (Lipinski definition) is 10. The lowest BCUT2D eigenvalue weighted by atomic mass is 9.98. The number of nitrogens with one attached hydrogen (secondary N) is 1. The van der Waals surface area contributed by atoms with E-state index in [1.54, 1.807) is 0 Å². The molecule has 0 radical (unpaired) electrons. The molecule has 6 atom stereocenters. The van der Waals surface area contributed by atoms with Crippen molar-refractivity contribution in [2.45, 2.75) is 24.1 Å². The lowest BCUT2D eigenvalue weighted by Crippen LogP contribution is -2.44. The first-order valence-electron chi connectivity index (χ1n) is 7.58. The molecule has 20 heteroatoms. The standard InChI is InChI=1S/C11H14FN2O12P3S2/c1-2-11(5-23-28(19,20)26-29(21,22)25-27(16,17)18)8(15)7(12)9(24-11)14-4-3-6(30)13-10(14)31/h1,3-4,7-9,15H,5H2,(H,19,20)(H,21,22)(H,13,30,31)(H2,16,17,18)/t7-,8+,9+,11+/m0/s1. The quantitative estimate of drug-likeness (QED) is 0.155. The molecule has 14 nitrogen and oxygen atoms in total. The topological polar surface area (TPSA) is 210 Å². The summed E-state index contributed by atoms with van der Waals surface area (Å²) in [7, 11) is -17.0. The molecule has 0 saturated carbocycles. The number of aliphatic hydroxyl groups excluding tert-OH is 1. The van der Waals surface area contributed by atoms with Crippen LogP contribution in [0.3, 0.4) is 0 Å². The predicted molar refractivity (Wildman–Crippen MR) is 103 cm³/mol. The average Bonchev–Trinajstić information content (AvgIpc) is 2.82. The molecule has 1 aliphatic rings. The van der Waals surface area contributed by atoms with Gasteiger partial charge in [0.15, 0.2) is 22.8 Å². The first-order chi connectivity index (χ1) is 14.0. The number of phosphoric ester groups is 1. The second-order valence-electron chi connectivity index (χ2n) is 5.81. The molecular formula is C11H14FN2O12P3S2. The summed E-state index contributed by atoms with van der Waals surface area (Å²) in [4.78, 5) is 38.2. The minimum Gasteiger partial charge on any atom is -0.386 e. The highest BCUT2D eigenvalue weighted by molar-refractivity contribution is 7.72. The first-order valence-corrected chi connectivity index (χ1v) is 12.9. The normalized spacial score (nSPS) is 30.3. The van der Waals surface area contributed by atoms with Crippen molar-refractivity contribution in [1.29, 1.82) is 0 Å². The van der Waals surface area contributed by atoms with E-state index in [0.717, 1.165) is 4.57 Å². The fourth-order valence-electron chi connectivity index (χ4n) is 2.36. The van der Waals surface area contributed by atoms with Gasteiger partial charge in [-0.15, -0.1) is 6.42 Å². The fourth-order valence-corrected chi connectivity index (χ4v) is 5.91. The van der Waals surface area contributed by atoms with Crippen molar-refractivity contribution in [3.05, 3.63) is 21.7 Å². The van der Waals surface area contributed by atoms with E-state index in [1.807, 2.05) is 5.92 Å². The Hall–Kier alpha value is -0.660. The van der Waals surface area contributed by atoms with Crippen LogP contribution in [0.25, 0.3) is 0 Å². The second-order valence-corrected chi connectivity index (χ2v) is 11.1. The Morgan fingerprint density at radius 2 is 1.87 bits per heavy atom. The summed E-state index contributed by atoms with van der Waals surface area (Å²) in [6.07, 6.45) is 0.520. The van der Waals surface area contributed by atoms with Crippen LogP contribution in [0.1, 0.15) is 6.23 Å². The zero-order chi connectivity index (χ0) is 23.8. The highest BCUT2D eigenvalue weighted by Crippen LogP contribution is 2.66. The molecule has 1 fully saturated rings. The van der Waals surface area contributed by atoms with Crippen molar-refractivity contribution in [3.8, 4) is 12.3 Å². The zero-order valence-corrected chi connectivity index (χ0v) is 19.1. The van der Waals surface area contributed by atoms with Crippen LogP contribution in [0.2, 0.25) is 0 Å². The smallest absolute Gasteiger partial charge is 0.386 e. The number of hydrogen-bond donors (Lipinski definition) is 6. The molecule has 2 heterocycles. The van der Waals surface area contributed by atoms with Gasteiger partial charge >= 0.3 is 23.5 Å². The van der Waals surface area contributed by atoms with Gasteiger partial charge in [-0.3, -0.25) is 9.09 Å². The van der Waals surface area contributed by atoms with E-state index in [9.17, 15) is 28.1 Å². The summed E-state index contributed by atoms with van der Waals surface area (Å²) >= 11 is 9.86. The van der Waals surface area contributed by atoms with Crippen molar-refractivity contribution in [3.63, 3.8) is 0 Å². The van der Waals surface area contributed by atoms with Gasteiger partial charge < -0.3 is 34.4 Å². The van der Waals surface area contributed by atoms with Crippen LogP contribution in [-0.4, -0.2) is 58.7 Å². The van der Waals surface area contributed by atoms with Gasteiger partial charge in [-0.05, 0) is 18.3 Å². The second kappa shape index (κ2) is 9.30. The van der Waals surface area contributed by atoms with Crippen LogP contribution in [0.5, 0.6) is 0 Å².